The van der Waals surface area contributed by atoms with E-state index in [-0.39, 0.29) is 6.04 Å². The van der Waals surface area contributed by atoms with Gasteiger partial charge in [0.15, 0.2) is 0 Å². The van der Waals surface area contributed by atoms with Gasteiger partial charge in [0.2, 0.25) is 0 Å². The monoisotopic (exact) mass is 140 g/mol. The van der Waals surface area contributed by atoms with Gasteiger partial charge in [-0.2, -0.15) is 5.26 Å². The first-order valence-corrected chi connectivity index (χ1v) is 3.12. The summed E-state index contributed by atoms with van der Waals surface area (Å²) >= 11 is 0. The molecule has 1 unspecified atom stereocenters. The summed E-state index contributed by atoms with van der Waals surface area (Å²) in [7, 11) is 0. The van der Waals surface area contributed by atoms with Crippen molar-refractivity contribution in [3.63, 3.8) is 0 Å². The molecule has 4 heteroatoms. The second-order valence-corrected chi connectivity index (χ2v) is 2.28. The van der Waals surface area contributed by atoms with E-state index in [9.17, 15) is 4.79 Å². The number of likely N-dealkylation sites (tertiary alicyclic amines) is 1. The summed E-state index contributed by atoms with van der Waals surface area (Å²) in [5.41, 5.74) is 0. The van der Waals surface area contributed by atoms with Crippen LogP contribution in [-0.2, 0) is 0 Å². The number of nitriles is 1. The second-order valence-electron chi connectivity index (χ2n) is 2.28. The van der Waals surface area contributed by atoms with Crippen LogP contribution in [0.25, 0.3) is 0 Å². The minimum Gasteiger partial charge on any atom is -0.465 e. The Morgan fingerprint density at radius 2 is 2.60 bits per heavy atom. The van der Waals surface area contributed by atoms with Gasteiger partial charge in [0.25, 0.3) is 0 Å². The van der Waals surface area contributed by atoms with E-state index in [1.807, 2.05) is 6.07 Å². The molecular weight excluding hydrogens is 132 g/mol. The third-order valence-corrected chi connectivity index (χ3v) is 1.72. The maximum Gasteiger partial charge on any atom is 0.407 e. The van der Waals surface area contributed by atoms with Crippen molar-refractivity contribution in [3.05, 3.63) is 0 Å². The zero-order valence-electron chi connectivity index (χ0n) is 5.45. The zero-order chi connectivity index (χ0) is 7.56. The number of carboxylic acid groups (broad SMARTS) is 1. The van der Waals surface area contributed by atoms with Gasteiger partial charge < -0.3 is 10.0 Å². The van der Waals surface area contributed by atoms with Gasteiger partial charge >= 0.3 is 6.09 Å². The lowest BCUT2D eigenvalue weighted by Gasteiger charge is -2.37. The highest BCUT2D eigenvalue weighted by atomic mass is 16.4. The summed E-state index contributed by atoms with van der Waals surface area (Å²) < 4.78 is 0. The van der Waals surface area contributed by atoms with Crippen LogP contribution in [0, 0.1) is 11.3 Å². The highest BCUT2D eigenvalue weighted by molar-refractivity contribution is 5.66. The lowest BCUT2D eigenvalue weighted by atomic mass is 10.0. The van der Waals surface area contributed by atoms with Gasteiger partial charge in [-0.1, -0.05) is 0 Å². The lowest BCUT2D eigenvalue weighted by Crippen LogP contribution is -2.50. The first-order valence-electron chi connectivity index (χ1n) is 3.12. The van der Waals surface area contributed by atoms with Crippen LogP contribution >= 0.6 is 0 Å². The number of amides is 1. The number of hydrogen-bond acceptors (Lipinski definition) is 2. The van der Waals surface area contributed by atoms with E-state index in [1.54, 1.807) is 0 Å². The molecule has 10 heavy (non-hydrogen) atoms. The van der Waals surface area contributed by atoms with Crippen molar-refractivity contribution < 1.29 is 9.90 Å². The second kappa shape index (κ2) is 2.56. The highest BCUT2D eigenvalue weighted by Crippen LogP contribution is 2.19. The van der Waals surface area contributed by atoms with Crippen LogP contribution in [0.2, 0.25) is 0 Å². The van der Waals surface area contributed by atoms with Crippen LogP contribution in [-0.4, -0.2) is 28.7 Å². The van der Waals surface area contributed by atoms with E-state index in [2.05, 4.69) is 0 Å². The number of hydrogen-bond donors (Lipinski definition) is 1. The predicted octanol–water partition coefficient (Wildman–Crippen LogP) is 0.652. The maximum atomic E-state index is 10.3. The van der Waals surface area contributed by atoms with Gasteiger partial charge in [0.1, 0.15) is 0 Å². The molecule has 1 aliphatic rings. The van der Waals surface area contributed by atoms with Gasteiger partial charge in [0, 0.05) is 12.6 Å². The molecule has 1 N–H and O–H groups in total. The van der Waals surface area contributed by atoms with E-state index in [1.165, 1.54) is 4.90 Å². The molecule has 0 bridgehead atoms. The summed E-state index contributed by atoms with van der Waals surface area (Å²) in [6.07, 6.45) is 0.248. The van der Waals surface area contributed by atoms with E-state index < -0.39 is 6.09 Å². The number of nitrogens with zero attached hydrogens (tertiary/aromatic N) is 2. The van der Waals surface area contributed by atoms with E-state index >= 15 is 0 Å². The molecule has 1 heterocycles. The summed E-state index contributed by atoms with van der Waals surface area (Å²) in [6, 6.07) is 1.91. The Kier molecular flexibility index (Phi) is 1.76. The fraction of sp³-hybridized carbons (Fsp3) is 0.667. The number of carbonyl (C=O) groups is 1. The normalized spacial score (nSPS) is 23.1. The van der Waals surface area contributed by atoms with Crippen molar-refractivity contribution in [3.8, 4) is 6.07 Å². The van der Waals surface area contributed by atoms with Crippen LogP contribution in [0.3, 0.4) is 0 Å². The summed E-state index contributed by atoms with van der Waals surface area (Å²) in [5.74, 6) is 0. The topological polar surface area (TPSA) is 64.3 Å². The van der Waals surface area contributed by atoms with Gasteiger partial charge in [-0.25, -0.2) is 4.79 Å². The first-order chi connectivity index (χ1) is 4.75. The highest BCUT2D eigenvalue weighted by Gasteiger charge is 2.31. The maximum absolute atomic E-state index is 10.3. The Balaban J connectivity index is 2.37. The largest absolute Gasteiger partial charge is 0.465 e. The molecule has 1 rings (SSSR count). The molecule has 4 nitrogen and oxygen atoms in total. The van der Waals surface area contributed by atoms with Crippen LogP contribution in [0.5, 0.6) is 0 Å². The van der Waals surface area contributed by atoms with E-state index in [0.717, 1.165) is 6.42 Å². The molecule has 0 radical (unpaired) electrons. The molecule has 1 atom stereocenters. The van der Waals surface area contributed by atoms with Gasteiger partial charge in [-0.05, 0) is 6.42 Å². The van der Waals surface area contributed by atoms with Crippen molar-refractivity contribution in [1.82, 2.24) is 4.90 Å². The standard InChI is InChI=1S/C6H8N2O2/c7-3-1-5-2-4-8(5)6(9)10/h5H,1-2,4H2,(H,9,10). The smallest absolute Gasteiger partial charge is 0.407 e. The molecule has 0 aromatic rings. The molecule has 0 aromatic carbocycles. The molecule has 1 amide bonds. The van der Waals surface area contributed by atoms with E-state index in [0.29, 0.717) is 13.0 Å². The zero-order valence-corrected chi connectivity index (χ0v) is 5.45. The van der Waals surface area contributed by atoms with Gasteiger partial charge in [0.05, 0.1) is 12.5 Å². The fourth-order valence-electron chi connectivity index (χ4n) is 1.01. The minimum atomic E-state index is -0.911. The summed E-state index contributed by atoms with van der Waals surface area (Å²) in [5, 5.41) is 16.7. The summed E-state index contributed by atoms with van der Waals surface area (Å²) in [4.78, 5) is 11.6. The third-order valence-electron chi connectivity index (χ3n) is 1.72. The summed E-state index contributed by atoms with van der Waals surface area (Å²) in [6.45, 7) is 0.585. The molecule has 0 aromatic heterocycles. The van der Waals surface area contributed by atoms with Gasteiger partial charge in [-0.3, -0.25) is 0 Å². The molecule has 1 saturated heterocycles. The minimum absolute atomic E-state index is 0.0394. The molecule has 0 aliphatic carbocycles. The quantitative estimate of drug-likeness (QED) is 0.581. The Morgan fingerprint density at radius 3 is 2.90 bits per heavy atom. The first kappa shape index (κ1) is 6.87. The van der Waals surface area contributed by atoms with Crippen LogP contribution in [0.15, 0.2) is 0 Å². The molecule has 1 aliphatic heterocycles. The average Bonchev–Trinajstić information content (AvgIpc) is 1.78. The fourth-order valence-corrected chi connectivity index (χ4v) is 1.01. The predicted molar refractivity (Wildman–Crippen MR) is 33.4 cm³/mol. The molecule has 0 saturated carbocycles. The molecule has 54 valence electrons. The van der Waals surface area contributed by atoms with E-state index in [4.69, 9.17) is 10.4 Å². The Bertz CT molecular complexity index is 185. The van der Waals surface area contributed by atoms with Gasteiger partial charge in [-0.15, -0.1) is 0 Å². The molecule has 0 spiro atoms. The van der Waals surface area contributed by atoms with Crippen molar-refractivity contribution in [2.45, 2.75) is 18.9 Å². The Hall–Kier alpha value is -1.24. The average molecular weight is 140 g/mol. The van der Waals surface area contributed by atoms with Crippen molar-refractivity contribution >= 4 is 6.09 Å². The molecular formula is C6H8N2O2. The molecule has 1 fully saturated rings. The Labute approximate surface area is 58.7 Å². The van der Waals surface area contributed by atoms with Crippen LogP contribution in [0.1, 0.15) is 12.8 Å². The third kappa shape index (κ3) is 1.03. The SMILES string of the molecule is N#CCC1CCN1C(=O)O. The van der Waals surface area contributed by atoms with Crippen molar-refractivity contribution in [2.24, 2.45) is 0 Å². The van der Waals surface area contributed by atoms with Crippen molar-refractivity contribution in [1.29, 1.82) is 5.26 Å². The lowest BCUT2D eigenvalue weighted by molar-refractivity contribution is 0.0776. The Morgan fingerprint density at radius 1 is 1.90 bits per heavy atom. The number of rotatable bonds is 1. The van der Waals surface area contributed by atoms with Crippen LogP contribution < -0.4 is 0 Å². The van der Waals surface area contributed by atoms with Crippen LogP contribution in [0.4, 0.5) is 4.79 Å². The van der Waals surface area contributed by atoms with Crippen molar-refractivity contribution in [2.75, 3.05) is 6.54 Å².